The molecule has 0 fully saturated rings. The predicted octanol–water partition coefficient (Wildman–Crippen LogP) is 5.37. The Morgan fingerprint density at radius 3 is 2.53 bits per heavy atom. The fourth-order valence-electron chi connectivity index (χ4n) is 2.01. The lowest BCUT2D eigenvalue weighted by Gasteiger charge is -2.16. The molecule has 2 rings (SSSR count). The van der Waals surface area contributed by atoms with Crippen molar-refractivity contribution >= 4 is 38.9 Å². The highest BCUT2D eigenvalue weighted by atomic mass is 79.9. The van der Waals surface area contributed by atoms with Crippen LogP contribution in [-0.4, -0.2) is 6.54 Å². The molecule has 1 atom stereocenters. The summed E-state index contributed by atoms with van der Waals surface area (Å²) < 4.78 is 1.01. The van der Waals surface area contributed by atoms with Gasteiger partial charge in [-0.25, -0.2) is 0 Å². The summed E-state index contributed by atoms with van der Waals surface area (Å²) in [4.78, 5) is 1.28. The lowest BCUT2D eigenvalue weighted by Crippen LogP contribution is -2.22. The maximum atomic E-state index is 6.13. The maximum Gasteiger partial charge on any atom is 0.0887 e. The average Bonchev–Trinajstić information content (AvgIpc) is 2.72. The number of likely N-dealkylation sites (N-methyl/N-ethyl adjacent to an activating group) is 1. The van der Waals surface area contributed by atoms with Crippen molar-refractivity contribution in [3.05, 3.63) is 55.1 Å². The Morgan fingerprint density at radius 1 is 1.32 bits per heavy atom. The van der Waals surface area contributed by atoms with E-state index in [9.17, 15) is 0 Å². The average molecular weight is 359 g/mol. The van der Waals surface area contributed by atoms with Crippen LogP contribution in [0.25, 0.3) is 0 Å². The van der Waals surface area contributed by atoms with Crippen molar-refractivity contribution in [1.82, 2.24) is 5.32 Å². The Labute approximate surface area is 132 Å². The normalized spacial score (nSPS) is 12.6. The molecular weight excluding hydrogens is 342 g/mol. The third kappa shape index (κ3) is 4.06. The molecule has 4 heteroatoms. The predicted molar refractivity (Wildman–Crippen MR) is 88.3 cm³/mol. The smallest absolute Gasteiger partial charge is 0.0887 e. The van der Waals surface area contributed by atoms with Gasteiger partial charge in [0.25, 0.3) is 0 Å². The third-order valence-electron chi connectivity index (χ3n) is 3.02. The van der Waals surface area contributed by atoms with E-state index in [2.05, 4.69) is 65.4 Å². The van der Waals surface area contributed by atoms with Crippen LogP contribution in [0.1, 0.15) is 29.0 Å². The van der Waals surface area contributed by atoms with E-state index in [4.69, 9.17) is 11.6 Å². The molecule has 1 nitrogen and oxygen atoms in total. The van der Waals surface area contributed by atoms with Gasteiger partial charge >= 0.3 is 0 Å². The molecule has 0 aliphatic rings. The number of hydrogen-bond donors (Lipinski definition) is 1. The molecule has 0 amide bonds. The SMILES string of the molecule is CCNC(Cc1ccc(C)cc1)c1cc(Cl)c(Br)s1. The summed E-state index contributed by atoms with van der Waals surface area (Å²) in [6, 6.07) is 11.1. The minimum atomic E-state index is 0.321. The van der Waals surface area contributed by atoms with Crippen LogP contribution >= 0.6 is 38.9 Å². The summed E-state index contributed by atoms with van der Waals surface area (Å²) in [5, 5.41) is 4.33. The molecule has 0 saturated carbocycles. The monoisotopic (exact) mass is 357 g/mol. The van der Waals surface area contributed by atoms with E-state index < -0.39 is 0 Å². The molecule has 2 aromatic rings. The van der Waals surface area contributed by atoms with E-state index >= 15 is 0 Å². The van der Waals surface area contributed by atoms with Gasteiger partial charge in [0, 0.05) is 10.9 Å². The van der Waals surface area contributed by atoms with Gasteiger partial charge in [-0.2, -0.15) is 0 Å². The van der Waals surface area contributed by atoms with Crippen molar-refractivity contribution in [2.24, 2.45) is 0 Å². The minimum absolute atomic E-state index is 0.321. The summed E-state index contributed by atoms with van der Waals surface area (Å²) in [6.07, 6.45) is 0.984. The van der Waals surface area contributed by atoms with Crippen LogP contribution in [0.2, 0.25) is 5.02 Å². The fourth-order valence-corrected chi connectivity index (χ4v) is 3.84. The zero-order valence-corrected chi connectivity index (χ0v) is 14.2. The summed E-state index contributed by atoms with van der Waals surface area (Å²) in [7, 11) is 0. The molecule has 19 heavy (non-hydrogen) atoms. The topological polar surface area (TPSA) is 12.0 Å². The van der Waals surface area contributed by atoms with Crippen LogP contribution in [0, 0.1) is 6.92 Å². The van der Waals surface area contributed by atoms with Crippen molar-refractivity contribution < 1.29 is 0 Å². The first-order valence-electron chi connectivity index (χ1n) is 6.33. The highest BCUT2D eigenvalue weighted by molar-refractivity contribution is 9.11. The van der Waals surface area contributed by atoms with Gasteiger partial charge in [0.05, 0.1) is 8.81 Å². The number of hydrogen-bond acceptors (Lipinski definition) is 2. The minimum Gasteiger partial charge on any atom is -0.309 e. The second-order valence-electron chi connectivity index (χ2n) is 4.57. The molecule has 102 valence electrons. The second kappa shape index (κ2) is 6.89. The van der Waals surface area contributed by atoms with Crippen molar-refractivity contribution in [3.8, 4) is 0 Å². The Balaban J connectivity index is 2.18. The van der Waals surface area contributed by atoms with Crippen LogP contribution in [0.15, 0.2) is 34.1 Å². The number of rotatable bonds is 5. The zero-order valence-electron chi connectivity index (χ0n) is 11.0. The van der Waals surface area contributed by atoms with E-state index in [1.165, 1.54) is 16.0 Å². The summed E-state index contributed by atoms with van der Waals surface area (Å²) in [5.74, 6) is 0. The lowest BCUT2D eigenvalue weighted by molar-refractivity contribution is 0.558. The standard InChI is InChI=1S/C15H17BrClNS/c1-3-18-13(14-9-12(17)15(16)19-14)8-11-6-4-10(2)5-7-11/h4-7,9,13,18H,3,8H2,1-2H3. The van der Waals surface area contributed by atoms with E-state index in [1.54, 1.807) is 11.3 Å². The Bertz CT molecular complexity index is 516. The van der Waals surface area contributed by atoms with Gasteiger partial charge in [0.1, 0.15) is 0 Å². The Kier molecular flexibility index (Phi) is 5.46. The van der Waals surface area contributed by atoms with Gasteiger partial charge < -0.3 is 5.32 Å². The number of nitrogens with one attached hydrogen (secondary N) is 1. The third-order valence-corrected chi connectivity index (χ3v) is 5.61. The Hall–Kier alpha value is -0.350. The van der Waals surface area contributed by atoms with E-state index in [1.807, 2.05) is 0 Å². The van der Waals surface area contributed by atoms with Crippen LogP contribution in [0.3, 0.4) is 0 Å². The summed E-state index contributed by atoms with van der Waals surface area (Å²) in [5.41, 5.74) is 2.64. The molecule has 1 aromatic heterocycles. The molecule has 0 spiro atoms. The molecule has 0 aliphatic carbocycles. The summed E-state index contributed by atoms with van der Waals surface area (Å²) >= 11 is 11.3. The number of benzene rings is 1. The fraction of sp³-hybridized carbons (Fsp3) is 0.333. The molecule has 0 radical (unpaired) electrons. The van der Waals surface area contributed by atoms with Gasteiger partial charge in [-0.3, -0.25) is 0 Å². The number of halogens is 2. The van der Waals surface area contributed by atoms with Crippen molar-refractivity contribution in [1.29, 1.82) is 0 Å². The van der Waals surface area contributed by atoms with Crippen molar-refractivity contribution in [2.75, 3.05) is 6.54 Å². The first kappa shape index (κ1) is 15.0. The van der Waals surface area contributed by atoms with Crippen molar-refractivity contribution in [2.45, 2.75) is 26.3 Å². The molecule has 1 N–H and O–H groups in total. The molecular formula is C15H17BrClNS. The van der Waals surface area contributed by atoms with E-state index in [0.29, 0.717) is 6.04 Å². The largest absolute Gasteiger partial charge is 0.309 e. The number of aryl methyl sites for hydroxylation is 1. The zero-order chi connectivity index (χ0) is 13.8. The van der Waals surface area contributed by atoms with Gasteiger partial charge in [-0.15, -0.1) is 11.3 Å². The van der Waals surface area contributed by atoms with Gasteiger partial charge in [-0.05, 0) is 47.4 Å². The highest BCUT2D eigenvalue weighted by Gasteiger charge is 2.15. The van der Waals surface area contributed by atoms with Gasteiger partial charge in [0.2, 0.25) is 0 Å². The first-order valence-corrected chi connectivity index (χ1v) is 8.32. The lowest BCUT2D eigenvalue weighted by atomic mass is 10.0. The molecule has 0 aliphatic heterocycles. The summed E-state index contributed by atoms with van der Waals surface area (Å²) in [6.45, 7) is 5.19. The van der Waals surface area contributed by atoms with Crippen LogP contribution < -0.4 is 5.32 Å². The number of thiophene rings is 1. The second-order valence-corrected chi connectivity index (χ2v) is 7.38. The molecule has 0 bridgehead atoms. The molecule has 1 heterocycles. The van der Waals surface area contributed by atoms with Crippen LogP contribution in [0.5, 0.6) is 0 Å². The molecule has 0 saturated heterocycles. The Morgan fingerprint density at radius 2 is 2.00 bits per heavy atom. The van der Waals surface area contributed by atoms with Crippen LogP contribution in [0.4, 0.5) is 0 Å². The van der Waals surface area contributed by atoms with Gasteiger partial charge in [-0.1, -0.05) is 48.4 Å². The van der Waals surface area contributed by atoms with Crippen LogP contribution in [-0.2, 0) is 6.42 Å². The van der Waals surface area contributed by atoms with Crippen molar-refractivity contribution in [3.63, 3.8) is 0 Å². The molecule has 1 unspecified atom stereocenters. The van der Waals surface area contributed by atoms with E-state index in [-0.39, 0.29) is 0 Å². The quantitative estimate of drug-likeness (QED) is 0.758. The maximum absolute atomic E-state index is 6.13. The first-order chi connectivity index (χ1) is 9.10. The van der Waals surface area contributed by atoms with Gasteiger partial charge in [0.15, 0.2) is 0 Å². The van der Waals surface area contributed by atoms with E-state index in [0.717, 1.165) is 21.8 Å². The molecule has 1 aromatic carbocycles. The highest BCUT2D eigenvalue weighted by Crippen LogP contribution is 2.36.